The Morgan fingerprint density at radius 1 is 1.19 bits per heavy atom. The standard InChI is InChI=1S/C23H34N4O4.HI/c1-4-24-23(27-13-16(2)20(14-27)22(29)30-3)25-12-11-17-5-9-19(10-6-17)31-15-21(28)26-18-7-8-18;/h5-6,9-10,16,18,20H,4,7-8,11-15H2,1-3H3,(H,24,25)(H,26,28);1H. The average molecular weight is 558 g/mol. The first-order valence-corrected chi connectivity index (χ1v) is 11.1. The van der Waals surface area contributed by atoms with Crippen LogP contribution in [-0.2, 0) is 20.7 Å². The molecule has 2 aliphatic rings. The summed E-state index contributed by atoms with van der Waals surface area (Å²) in [6.45, 7) is 6.98. The van der Waals surface area contributed by atoms with E-state index in [9.17, 15) is 9.59 Å². The minimum absolute atomic E-state index is 0. The van der Waals surface area contributed by atoms with Crippen LogP contribution in [0.5, 0.6) is 5.75 Å². The molecule has 0 bridgehead atoms. The van der Waals surface area contributed by atoms with Gasteiger partial charge in [-0.2, -0.15) is 0 Å². The van der Waals surface area contributed by atoms with Gasteiger partial charge in [-0.15, -0.1) is 24.0 Å². The zero-order chi connectivity index (χ0) is 22.2. The van der Waals surface area contributed by atoms with Crippen LogP contribution < -0.4 is 15.4 Å². The fraction of sp³-hybridized carbons (Fsp3) is 0.609. The number of ether oxygens (including phenoxy) is 2. The fourth-order valence-corrected chi connectivity index (χ4v) is 3.71. The maximum atomic E-state index is 12.0. The van der Waals surface area contributed by atoms with E-state index in [1.807, 2.05) is 31.2 Å². The zero-order valence-corrected chi connectivity index (χ0v) is 21.5. The van der Waals surface area contributed by atoms with E-state index in [-0.39, 0.29) is 54.3 Å². The van der Waals surface area contributed by atoms with Crippen molar-refractivity contribution in [3.05, 3.63) is 29.8 Å². The predicted molar refractivity (Wildman–Crippen MR) is 134 cm³/mol. The normalized spacial score (nSPS) is 20.3. The molecule has 1 aromatic rings. The molecule has 1 aromatic carbocycles. The van der Waals surface area contributed by atoms with Gasteiger partial charge in [-0.1, -0.05) is 19.1 Å². The number of carbonyl (C=O) groups excluding carboxylic acids is 2. The average Bonchev–Trinajstić information content (AvgIpc) is 3.50. The summed E-state index contributed by atoms with van der Waals surface area (Å²) in [5.41, 5.74) is 1.15. The third-order valence-corrected chi connectivity index (χ3v) is 5.65. The number of aliphatic imine (C=N–C) groups is 1. The Labute approximate surface area is 207 Å². The van der Waals surface area contributed by atoms with Crippen molar-refractivity contribution in [1.29, 1.82) is 0 Å². The quantitative estimate of drug-likeness (QED) is 0.209. The van der Waals surface area contributed by atoms with Crippen LogP contribution in [0.15, 0.2) is 29.3 Å². The largest absolute Gasteiger partial charge is 0.484 e. The smallest absolute Gasteiger partial charge is 0.310 e. The van der Waals surface area contributed by atoms with E-state index in [4.69, 9.17) is 14.5 Å². The summed E-state index contributed by atoms with van der Waals surface area (Å²) < 4.78 is 10.5. The van der Waals surface area contributed by atoms with E-state index in [0.717, 1.165) is 43.9 Å². The highest BCUT2D eigenvalue weighted by Gasteiger charge is 2.36. The Kier molecular flexibility index (Phi) is 10.5. The van der Waals surface area contributed by atoms with E-state index in [2.05, 4.69) is 22.5 Å². The Morgan fingerprint density at radius 2 is 1.91 bits per heavy atom. The number of methoxy groups -OCH3 is 1. The minimum Gasteiger partial charge on any atom is -0.484 e. The van der Waals surface area contributed by atoms with Crippen molar-refractivity contribution in [3.8, 4) is 5.75 Å². The zero-order valence-electron chi connectivity index (χ0n) is 19.1. The SMILES string of the molecule is CCNC(=NCCc1ccc(OCC(=O)NC2CC2)cc1)N1CC(C)C(C(=O)OC)C1.I. The molecule has 1 saturated carbocycles. The molecule has 3 rings (SSSR count). The first-order valence-electron chi connectivity index (χ1n) is 11.1. The molecule has 2 unspecified atom stereocenters. The second-order valence-electron chi connectivity index (χ2n) is 8.27. The van der Waals surface area contributed by atoms with E-state index < -0.39 is 0 Å². The van der Waals surface area contributed by atoms with Gasteiger partial charge >= 0.3 is 5.97 Å². The summed E-state index contributed by atoms with van der Waals surface area (Å²) in [5, 5.41) is 6.24. The highest BCUT2D eigenvalue weighted by molar-refractivity contribution is 14.0. The van der Waals surface area contributed by atoms with Crippen molar-refractivity contribution in [2.24, 2.45) is 16.8 Å². The molecule has 0 radical (unpaired) electrons. The number of hydrogen-bond donors (Lipinski definition) is 2. The van der Waals surface area contributed by atoms with Crippen molar-refractivity contribution in [2.75, 3.05) is 39.9 Å². The number of guanidine groups is 1. The molecule has 32 heavy (non-hydrogen) atoms. The first kappa shape index (κ1) is 26.2. The molecule has 2 atom stereocenters. The number of benzene rings is 1. The van der Waals surface area contributed by atoms with Crippen LogP contribution in [0.3, 0.4) is 0 Å². The van der Waals surface area contributed by atoms with E-state index in [0.29, 0.717) is 24.9 Å². The number of nitrogens with zero attached hydrogens (tertiary/aromatic N) is 2. The lowest BCUT2D eigenvalue weighted by atomic mass is 9.99. The van der Waals surface area contributed by atoms with Gasteiger partial charge in [0.05, 0.1) is 13.0 Å². The van der Waals surface area contributed by atoms with Crippen molar-refractivity contribution in [1.82, 2.24) is 15.5 Å². The molecule has 1 amide bonds. The van der Waals surface area contributed by atoms with Gasteiger partial charge in [-0.05, 0) is 49.8 Å². The van der Waals surface area contributed by atoms with Gasteiger partial charge in [0.2, 0.25) is 0 Å². The lowest BCUT2D eigenvalue weighted by Crippen LogP contribution is -2.40. The van der Waals surface area contributed by atoms with Crippen molar-refractivity contribution >= 4 is 41.8 Å². The van der Waals surface area contributed by atoms with E-state index >= 15 is 0 Å². The molecular formula is C23H35IN4O4. The third kappa shape index (κ3) is 7.83. The van der Waals surface area contributed by atoms with Crippen molar-refractivity contribution in [3.63, 3.8) is 0 Å². The molecule has 2 fully saturated rings. The Balaban J connectivity index is 0.00000363. The van der Waals surface area contributed by atoms with Gasteiger partial charge in [-0.25, -0.2) is 0 Å². The van der Waals surface area contributed by atoms with Crippen molar-refractivity contribution < 1.29 is 19.1 Å². The number of likely N-dealkylation sites (tertiary alicyclic amines) is 1. The van der Waals surface area contributed by atoms with Gasteiger partial charge in [0, 0.05) is 32.2 Å². The molecule has 178 valence electrons. The van der Waals surface area contributed by atoms with Crippen LogP contribution in [0.25, 0.3) is 0 Å². The number of esters is 1. The monoisotopic (exact) mass is 558 g/mol. The van der Waals surface area contributed by atoms with E-state index in [1.54, 1.807) is 0 Å². The molecule has 1 aliphatic heterocycles. The van der Waals surface area contributed by atoms with Crippen LogP contribution >= 0.6 is 24.0 Å². The Bertz CT molecular complexity index is 783. The molecule has 8 nitrogen and oxygen atoms in total. The number of nitrogens with one attached hydrogen (secondary N) is 2. The van der Waals surface area contributed by atoms with Crippen molar-refractivity contribution in [2.45, 2.75) is 39.2 Å². The van der Waals surface area contributed by atoms with Crippen LogP contribution in [0.4, 0.5) is 0 Å². The summed E-state index contributed by atoms with van der Waals surface area (Å²) in [5.74, 6) is 1.41. The lowest BCUT2D eigenvalue weighted by Gasteiger charge is -2.21. The van der Waals surface area contributed by atoms with Gasteiger partial charge in [0.25, 0.3) is 5.91 Å². The van der Waals surface area contributed by atoms with Gasteiger partial charge < -0.3 is 25.0 Å². The fourth-order valence-electron chi connectivity index (χ4n) is 3.71. The van der Waals surface area contributed by atoms with Crippen LogP contribution in [0, 0.1) is 11.8 Å². The summed E-state index contributed by atoms with van der Waals surface area (Å²) in [6, 6.07) is 8.13. The second-order valence-corrected chi connectivity index (χ2v) is 8.27. The first-order chi connectivity index (χ1) is 15.0. The van der Waals surface area contributed by atoms with Crippen LogP contribution in [0.1, 0.15) is 32.3 Å². The maximum absolute atomic E-state index is 12.0. The molecule has 9 heteroatoms. The highest BCUT2D eigenvalue weighted by Crippen LogP contribution is 2.24. The van der Waals surface area contributed by atoms with Crippen LogP contribution in [-0.4, -0.2) is 68.7 Å². The Hall–Kier alpha value is -2.04. The summed E-state index contributed by atoms with van der Waals surface area (Å²) in [4.78, 5) is 30.6. The molecular weight excluding hydrogens is 523 g/mol. The number of halogens is 1. The second kappa shape index (κ2) is 12.9. The molecule has 1 heterocycles. The molecule has 1 saturated heterocycles. The summed E-state index contributed by atoms with van der Waals surface area (Å²) in [6.07, 6.45) is 2.93. The number of rotatable bonds is 9. The van der Waals surface area contributed by atoms with Crippen LogP contribution in [0.2, 0.25) is 0 Å². The summed E-state index contributed by atoms with van der Waals surface area (Å²) >= 11 is 0. The maximum Gasteiger partial charge on any atom is 0.310 e. The Morgan fingerprint density at radius 3 is 2.53 bits per heavy atom. The number of amides is 1. The number of carbonyl (C=O) groups is 2. The minimum atomic E-state index is -0.154. The predicted octanol–water partition coefficient (Wildman–Crippen LogP) is 2.21. The molecule has 1 aliphatic carbocycles. The summed E-state index contributed by atoms with van der Waals surface area (Å²) in [7, 11) is 1.44. The molecule has 2 N–H and O–H groups in total. The van der Waals surface area contributed by atoms with Gasteiger partial charge in [-0.3, -0.25) is 14.6 Å². The molecule has 0 aromatic heterocycles. The van der Waals surface area contributed by atoms with Gasteiger partial charge in [0.1, 0.15) is 5.75 Å². The molecule has 0 spiro atoms. The topological polar surface area (TPSA) is 92.3 Å². The number of hydrogen-bond acceptors (Lipinski definition) is 5. The highest BCUT2D eigenvalue weighted by atomic mass is 127. The third-order valence-electron chi connectivity index (χ3n) is 5.65. The lowest BCUT2D eigenvalue weighted by molar-refractivity contribution is -0.146. The van der Waals surface area contributed by atoms with E-state index in [1.165, 1.54) is 7.11 Å². The van der Waals surface area contributed by atoms with Gasteiger partial charge in [0.15, 0.2) is 12.6 Å².